The number of amides is 1. The van der Waals surface area contributed by atoms with E-state index in [-0.39, 0.29) is 29.6 Å². The maximum atomic E-state index is 14.6. The Morgan fingerprint density at radius 3 is 2.29 bits per heavy atom. The molecule has 5 aliphatic rings. The summed E-state index contributed by atoms with van der Waals surface area (Å²) in [5.74, 6) is -0.0359. The predicted molar refractivity (Wildman–Crippen MR) is 102 cm³/mol. The van der Waals surface area contributed by atoms with E-state index in [1.165, 1.54) is 6.07 Å². The van der Waals surface area contributed by atoms with Gasteiger partial charge in [0.15, 0.2) is 0 Å². The fourth-order valence-electron chi connectivity index (χ4n) is 7.26. The van der Waals surface area contributed by atoms with Gasteiger partial charge in [0.1, 0.15) is 5.82 Å². The number of carbonyl (C=O) groups is 2. The Morgan fingerprint density at radius 2 is 1.68 bits per heavy atom. The van der Waals surface area contributed by atoms with Crippen LogP contribution in [0, 0.1) is 29.0 Å². The van der Waals surface area contributed by atoms with E-state index in [1.807, 2.05) is 6.07 Å². The van der Waals surface area contributed by atoms with Crippen LogP contribution in [0.4, 0.5) is 4.39 Å². The third-order valence-electron chi connectivity index (χ3n) is 8.31. The largest absolute Gasteiger partial charge is 0.481 e. The van der Waals surface area contributed by atoms with Gasteiger partial charge in [-0.1, -0.05) is 31.0 Å². The molecule has 6 rings (SSSR count). The van der Waals surface area contributed by atoms with Gasteiger partial charge in [0.2, 0.25) is 5.91 Å². The predicted octanol–water partition coefficient (Wildman–Crippen LogP) is 4.03. The molecule has 2 unspecified atom stereocenters. The van der Waals surface area contributed by atoms with Crippen molar-refractivity contribution >= 4 is 11.9 Å². The second-order valence-electron chi connectivity index (χ2n) is 9.82. The Balaban J connectivity index is 1.41. The molecule has 28 heavy (non-hydrogen) atoms. The zero-order valence-corrected chi connectivity index (χ0v) is 16.1. The van der Waals surface area contributed by atoms with Crippen molar-refractivity contribution in [2.45, 2.75) is 69.2 Å². The van der Waals surface area contributed by atoms with E-state index in [0.29, 0.717) is 37.2 Å². The molecule has 0 saturated heterocycles. The van der Waals surface area contributed by atoms with Crippen LogP contribution < -0.4 is 5.32 Å². The molecule has 0 heterocycles. The van der Waals surface area contributed by atoms with Crippen LogP contribution in [-0.2, 0) is 15.0 Å². The first-order valence-electron chi connectivity index (χ1n) is 10.7. The molecule has 2 atom stereocenters. The number of carbonyl (C=O) groups excluding carboxylic acids is 1. The van der Waals surface area contributed by atoms with E-state index in [2.05, 4.69) is 5.32 Å². The number of nitrogens with one attached hydrogen (secondary N) is 1. The molecule has 1 aromatic rings. The number of halogens is 1. The molecule has 0 aliphatic heterocycles. The lowest BCUT2D eigenvalue weighted by Crippen LogP contribution is -2.62. The maximum absolute atomic E-state index is 14.6. The van der Waals surface area contributed by atoms with Crippen molar-refractivity contribution < 1.29 is 19.1 Å². The van der Waals surface area contributed by atoms with Gasteiger partial charge in [0.25, 0.3) is 0 Å². The third-order valence-corrected chi connectivity index (χ3v) is 8.31. The minimum absolute atomic E-state index is 0.0424. The Hall–Kier alpha value is -1.91. The molecule has 0 aromatic heterocycles. The molecule has 2 N–H and O–H groups in total. The first-order chi connectivity index (χ1) is 13.4. The van der Waals surface area contributed by atoms with Crippen LogP contribution >= 0.6 is 0 Å². The van der Waals surface area contributed by atoms with E-state index >= 15 is 0 Å². The highest BCUT2D eigenvalue weighted by Gasteiger charge is 2.59. The van der Waals surface area contributed by atoms with Crippen LogP contribution in [-0.4, -0.2) is 23.0 Å². The van der Waals surface area contributed by atoms with Crippen molar-refractivity contribution in [2.75, 3.05) is 0 Å². The maximum Gasteiger partial charge on any atom is 0.309 e. The summed E-state index contributed by atoms with van der Waals surface area (Å²) in [5.41, 5.74) is -0.824. The molecule has 4 bridgehead atoms. The summed E-state index contributed by atoms with van der Waals surface area (Å²) in [4.78, 5) is 25.5. The van der Waals surface area contributed by atoms with Crippen LogP contribution in [0.5, 0.6) is 0 Å². The summed E-state index contributed by atoms with van der Waals surface area (Å²) in [5, 5.41) is 13.1. The summed E-state index contributed by atoms with van der Waals surface area (Å²) >= 11 is 0. The lowest BCUT2D eigenvalue weighted by atomic mass is 9.48. The van der Waals surface area contributed by atoms with Gasteiger partial charge < -0.3 is 10.4 Å². The SMILES string of the molecule is O=C(O)C12CC3CC(C1)C(NC(=O)C1(c4ccccc4F)CCCC1)C(C3)C2. The molecule has 5 fully saturated rings. The number of hydrogen-bond acceptors (Lipinski definition) is 2. The number of hydrogen-bond donors (Lipinski definition) is 2. The van der Waals surface area contributed by atoms with Crippen LogP contribution in [0.2, 0.25) is 0 Å². The minimum atomic E-state index is -0.773. The van der Waals surface area contributed by atoms with Crippen LogP contribution in [0.1, 0.15) is 63.4 Å². The molecule has 0 radical (unpaired) electrons. The average Bonchev–Trinajstić information content (AvgIpc) is 3.15. The fourth-order valence-corrected chi connectivity index (χ4v) is 7.26. The van der Waals surface area contributed by atoms with Gasteiger partial charge in [-0.2, -0.15) is 0 Å². The summed E-state index contributed by atoms with van der Waals surface area (Å²) < 4.78 is 14.6. The van der Waals surface area contributed by atoms with Crippen LogP contribution in [0.15, 0.2) is 24.3 Å². The smallest absolute Gasteiger partial charge is 0.309 e. The Bertz CT molecular complexity index is 800. The first kappa shape index (κ1) is 18.1. The zero-order valence-electron chi connectivity index (χ0n) is 16.1. The van der Waals surface area contributed by atoms with Crippen LogP contribution in [0.25, 0.3) is 0 Å². The monoisotopic (exact) mass is 385 g/mol. The Labute approximate surface area is 164 Å². The second-order valence-corrected chi connectivity index (χ2v) is 9.82. The van der Waals surface area contributed by atoms with Gasteiger partial charge in [0, 0.05) is 11.6 Å². The summed E-state index contributed by atoms with van der Waals surface area (Å²) in [7, 11) is 0. The minimum Gasteiger partial charge on any atom is -0.481 e. The molecule has 1 aromatic carbocycles. The number of benzene rings is 1. The van der Waals surface area contributed by atoms with E-state index < -0.39 is 16.8 Å². The highest BCUT2D eigenvalue weighted by Crippen LogP contribution is 2.60. The van der Waals surface area contributed by atoms with E-state index in [9.17, 15) is 19.1 Å². The molecule has 5 aliphatic carbocycles. The highest BCUT2D eigenvalue weighted by molar-refractivity contribution is 5.89. The van der Waals surface area contributed by atoms with Gasteiger partial charge >= 0.3 is 5.97 Å². The second kappa shape index (κ2) is 6.30. The number of carboxylic acids is 1. The molecular formula is C23H28FNO3. The first-order valence-corrected chi connectivity index (χ1v) is 10.7. The fraction of sp³-hybridized carbons (Fsp3) is 0.652. The van der Waals surface area contributed by atoms with Gasteiger partial charge in [0.05, 0.1) is 10.8 Å². The topological polar surface area (TPSA) is 66.4 Å². The molecule has 5 heteroatoms. The van der Waals surface area contributed by atoms with Gasteiger partial charge in [-0.3, -0.25) is 9.59 Å². The molecule has 1 amide bonds. The summed E-state index contributed by atoms with van der Waals surface area (Å²) in [6, 6.07) is 6.73. The van der Waals surface area contributed by atoms with Crippen molar-refractivity contribution in [1.82, 2.24) is 5.32 Å². The lowest BCUT2D eigenvalue weighted by Gasteiger charge is -2.58. The Morgan fingerprint density at radius 1 is 1.04 bits per heavy atom. The lowest BCUT2D eigenvalue weighted by molar-refractivity contribution is -0.168. The zero-order chi connectivity index (χ0) is 19.5. The number of rotatable bonds is 4. The molecule has 150 valence electrons. The summed E-state index contributed by atoms with van der Waals surface area (Å²) in [6.07, 6.45) is 7.42. The number of aliphatic carboxylic acids is 1. The van der Waals surface area contributed by atoms with Crippen molar-refractivity contribution in [2.24, 2.45) is 23.2 Å². The standard InChI is InChI=1S/C23H28FNO3/c24-18-6-2-1-5-17(18)23(7-3-4-8-23)20(26)25-19-15-9-14-10-16(19)13-22(11-14,12-15)21(27)28/h1-2,5-6,14-16,19H,3-4,7-13H2,(H,25,26)(H,27,28). The Kier molecular flexibility index (Phi) is 4.08. The molecule has 4 nitrogen and oxygen atoms in total. The van der Waals surface area contributed by atoms with Gasteiger partial charge in [-0.05, 0) is 68.8 Å². The third kappa shape index (κ3) is 2.54. The summed E-state index contributed by atoms with van der Waals surface area (Å²) in [6.45, 7) is 0. The van der Waals surface area contributed by atoms with Crippen LogP contribution in [0.3, 0.4) is 0 Å². The van der Waals surface area contributed by atoms with Gasteiger partial charge in [-0.15, -0.1) is 0 Å². The highest BCUT2D eigenvalue weighted by atomic mass is 19.1. The average molecular weight is 385 g/mol. The molecule has 0 spiro atoms. The van der Waals surface area contributed by atoms with Gasteiger partial charge in [-0.25, -0.2) is 4.39 Å². The van der Waals surface area contributed by atoms with E-state index in [4.69, 9.17) is 0 Å². The quantitative estimate of drug-likeness (QED) is 0.822. The van der Waals surface area contributed by atoms with Crippen molar-refractivity contribution in [3.63, 3.8) is 0 Å². The van der Waals surface area contributed by atoms with Crippen molar-refractivity contribution in [1.29, 1.82) is 0 Å². The van der Waals surface area contributed by atoms with E-state index in [0.717, 1.165) is 32.1 Å². The van der Waals surface area contributed by atoms with Crippen molar-refractivity contribution in [3.05, 3.63) is 35.6 Å². The molecule has 5 saturated carbocycles. The normalized spacial score (nSPS) is 37.8. The van der Waals surface area contributed by atoms with E-state index in [1.54, 1.807) is 12.1 Å². The number of carboxylic acid groups (broad SMARTS) is 1. The molecular weight excluding hydrogens is 357 g/mol. The van der Waals surface area contributed by atoms with Crippen molar-refractivity contribution in [3.8, 4) is 0 Å².